The molecule has 1 aliphatic carbocycles. The standard InChI is InChI=1S/C20H18FN5O2/c21-13-2-1-3-15-17(13)19(25-6-8-27-9-7-25)23-20-18(22-11-26(15)20)16-10-14(24-28-16)12-4-5-12/h1-3,10-12H,4-9H2. The topological polar surface area (TPSA) is 68.7 Å². The Morgan fingerprint density at radius 3 is 2.82 bits per heavy atom. The second kappa shape index (κ2) is 6.00. The summed E-state index contributed by atoms with van der Waals surface area (Å²) in [5.41, 5.74) is 2.96. The van der Waals surface area contributed by atoms with Crippen LogP contribution in [0.15, 0.2) is 35.1 Å². The van der Waals surface area contributed by atoms with Gasteiger partial charge in [-0.15, -0.1) is 0 Å². The van der Waals surface area contributed by atoms with Crippen molar-refractivity contribution < 1.29 is 13.7 Å². The lowest BCUT2D eigenvalue weighted by atomic mass is 10.2. The summed E-state index contributed by atoms with van der Waals surface area (Å²) < 4.78 is 27.6. The lowest BCUT2D eigenvalue weighted by molar-refractivity contribution is 0.122. The normalized spacial score (nSPS) is 17.7. The summed E-state index contributed by atoms with van der Waals surface area (Å²) in [4.78, 5) is 11.4. The Labute approximate surface area is 159 Å². The van der Waals surface area contributed by atoms with Crippen molar-refractivity contribution in [1.82, 2.24) is 19.5 Å². The zero-order chi connectivity index (χ0) is 18.7. The number of benzene rings is 1. The van der Waals surface area contributed by atoms with Gasteiger partial charge in [0.15, 0.2) is 17.1 Å². The van der Waals surface area contributed by atoms with Gasteiger partial charge in [0.2, 0.25) is 0 Å². The first-order valence-electron chi connectivity index (χ1n) is 9.54. The molecule has 1 aliphatic heterocycles. The molecule has 2 aliphatic rings. The predicted molar refractivity (Wildman–Crippen MR) is 101 cm³/mol. The number of halogens is 1. The number of fused-ring (bicyclic) bond motifs is 3. The molecule has 1 saturated heterocycles. The number of rotatable bonds is 3. The Morgan fingerprint density at radius 2 is 2.00 bits per heavy atom. The zero-order valence-corrected chi connectivity index (χ0v) is 15.1. The van der Waals surface area contributed by atoms with Gasteiger partial charge in [-0.1, -0.05) is 11.2 Å². The van der Waals surface area contributed by atoms with E-state index in [4.69, 9.17) is 14.2 Å². The number of hydrogen-bond acceptors (Lipinski definition) is 6. The monoisotopic (exact) mass is 379 g/mol. The molecule has 6 rings (SSSR count). The van der Waals surface area contributed by atoms with Crippen molar-refractivity contribution in [3.05, 3.63) is 42.1 Å². The first-order valence-corrected chi connectivity index (χ1v) is 9.54. The molecule has 28 heavy (non-hydrogen) atoms. The summed E-state index contributed by atoms with van der Waals surface area (Å²) in [5.74, 6) is 1.42. The van der Waals surface area contributed by atoms with Crippen LogP contribution in [0, 0.1) is 5.82 Å². The van der Waals surface area contributed by atoms with E-state index in [9.17, 15) is 4.39 Å². The number of morpholine rings is 1. The molecule has 0 bridgehead atoms. The van der Waals surface area contributed by atoms with Crippen molar-refractivity contribution in [3.63, 3.8) is 0 Å². The highest BCUT2D eigenvalue weighted by atomic mass is 19.1. The highest BCUT2D eigenvalue weighted by molar-refractivity contribution is 5.94. The van der Waals surface area contributed by atoms with Crippen LogP contribution in [-0.4, -0.2) is 45.8 Å². The summed E-state index contributed by atoms with van der Waals surface area (Å²) in [7, 11) is 0. The van der Waals surface area contributed by atoms with Gasteiger partial charge in [-0.3, -0.25) is 4.40 Å². The molecule has 2 fully saturated rings. The molecule has 1 aromatic carbocycles. The van der Waals surface area contributed by atoms with Crippen LogP contribution in [-0.2, 0) is 4.74 Å². The summed E-state index contributed by atoms with van der Waals surface area (Å²) in [6.45, 7) is 2.54. The van der Waals surface area contributed by atoms with E-state index in [1.807, 2.05) is 16.5 Å². The van der Waals surface area contributed by atoms with E-state index in [1.165, 1.54) is 6.07 Å². The summed E-state index contributed by atoms with van der Waals surface area (Å²) in [6, 6.07) is 7.01. The molecule has 0 atom stereocenters. The maximum absolute atomic E-state index is 14.8. The average Bonchev–Trinajstić information content (AvgIpc) is 3.30. The Kier molecular flexibility index (Phi) is 3.43. The van der Waals surface area contributed by atoms with E-state index >= 15 is 0 Å². The molecule has 4 heterocycles. The van der Waals surface area contributed by atoms with Gasteiger partial charge in [0, 0.05) is 25.1 Å². The molecule has 7 nitrogen and oxygen atoms in total. The third-order valence-corrected chi connectivity index (χ3v) is 5.50. The smallest absolute Gasteiger partial charge is 0.189 e. The third kappa shape index (κ3) is 2.41. The van der Waals surface area contributed by atoms with Crippen molar-refractivity contribution in [2.24, 2.45) is 0 Å². The molecule has 0 unspecified atom stereocenters. The summed E-state index contributed by atoms with van der Waals surface area (Å²) >= 11 is 0. The maximum Gasteiger partial charge on any atom is 0.189 e. The van der Waals surface area contributed by atoms with Crippen molar-refractivity contribution in [3.8, 4) is 11.5 Å². The van der Waals surface area contributed by atoms with Gasteiger partial charge in [0.1, 0.15) is 18.0 Å². The van der Waals surface area contributed by atoms with Gasteiger partial charge in [-0.2, -0.15) is 0 Å². The Hall–Kier alpha value is -3.00. The number of anilines is 1. The van der Waals surface area contributed by atoms with Crippen LogP contribution in [0.3, 0.4) is 0 Å². The van der Waals surface area contributed by atoms with Crippen LogP contribution in [0.1, 0.15) is 24.5 Å². The lowest BCUT2D eigenvalue weighted by Gasteiger charge is -2.29. The first-order chi connectivity index (χ1) is 13.8. The molecule has 142 valence electrons. The fourth-order valence-electron chi connectivity index (χ4n) is 3.87. The molecular formula is C20H18FN5O2. The van der Waals surface area contributed by atoms with E-state index in [2.05, 4.69) is 15.0 Å². The number of ether oxygens (including phenoxy) is 1. The molecular weight excluding hydrogens is 361 g/mol. The molecule has 0 spiro atoms. The number of imidazole rings is 1. The van der Waals surface area contributed by atoms with Crippen LogP contribution in [0.2, 0.25) is 0 Å². The zero-order valence-electron chi connectivity index (χ0n) is 15.1. The molecule has 0 amide bonds. The van der Waals surface area contributed by atoms with Crippen LogP contribution in [0.4, 0.5) is 10.2 Å². The largest absolute Gasteiger partial charge is 0.378 e. The van der Waals surface area contributed by atoms with Gasteiger partial charge in [0.05, 0.1) is 29.8 Å². The minimum Gasteiger partial charge on any atom is -0.378 e. The van der Waals surface area contributed by atoms with Gasteiger partial charge >= 0.3 is 0 Å². The molecule has 0 N–H and O–H groups in total. The lowest BCUT2D eigenvalue weighted by Crippen LogP contribution is -2.37. The van der Waals surface area contributed by atoms with Crippen molar-refractivity contribution in [2.75, 3.05) is 31.2 Å². The molecule has 1 saturated carbocycles. The predicted octanol–water partition coefficient (Wildman–Crippen LogP) is 3.39. The number of hydrogen-bond donors (Lipinski definition) is 0. The van der Waals surface area contributed by atoms with Gasteiger partial charge in [0.25, 0.3) is 0 Å². The quantitative estimate of drug-likeness (QED) is 0.544. The molecule has 0 radical (unpaired) electrons. The van der Waals surface area contributed by atoms with Crippen molar-refractivity contribution in [2.45, 2.75) is 18.8 Å². The molecule has 3 aromatic heterocycles. The van der Waals surface area contributed by atoms with E-state index in [0.29, 0.717) is 60.5 Å². The minimum atomic E-state index is -0.292. The maximum atomic E-state index is 14.8. The average molecular weight is 379 g/mol. The van der Waals surface area contributed by atoms with E-state index in [0.717, 1.165) is 24.1 Å². The SMILES string of the molecule is Fc1cccc2c1c(N1CCOCC1)nc1c(-c3cc(C4CC4)no3)ncn12. The first kappa shape index (κ1) is 16.0. The third-order valence-electron chi connectivity index (χ3n) is 5.50. The van der Waals surface area contributed by atoms with Gasteiger partial charge in [-0.05, 0) is 25.0 Å². The number of aromatic nitrogens is 4. The second-order valence-electron chi connectivity index (χ2n) is 7.35. The highest BCUT2D eigenvalue weighted by Gasteiger charge is 2.29. The molecule has 8 heteroatoms. The van der Waals surface area contributed by atoms with Crippen LogP contribution in [0.25, 0.3) is 28.0 Å². The Balaban J connectivity index is 1.59. The van der Waals surface area contributed by atoms with E-state index in [1.54, 1.807) is 12.4 Å². The highest BCUT2D eigenvalue weighted by Crippen LogP contribution is 2.41. The van der Waals surface area contributed by atoms with Crippen LogP contribution < -0.4 is 4.90 Å². The molecule has 4 aromatic rings. The van der Waals surface area contributed by atoms with Crippen molar-refractivity contribution in [1.29, 1.82) is 0 Å². The van der Waals surface area contributed by atoms with Crippen LogP contribution in [0.5, 0.6) is 0 Å². The van der Waals surface area contributed by atoms with Crippen LogP contribution >= 0.6 is 0 Å². The van der Waals surface area contributed by atoms with Crippen molar-refractivity contribution >= 4 is 22.4 Å². The van der Waals surface area contributed by atoms with E-state index < -0.39 is 0 Å². The summed E-state index contributed by atoms with van der Waals surface area (Å²) in [6.07, 6.45) is 3.97. The minimum absolute atomic E-state index is 0.292. The fraction of sp³-hybridized carbons (Fsp3) is 0.350. The second-order valence-corrected chi connectivity index (χ2v) is 7.35. The Bertz CT molecular complexity index is 1190. The van der Waals surface area contributed by atoms with Gasteiger partial charge in [-0.25, -0.2) is 14.4 Å². The Morgan fingerprint density at radius 1 is 1.14 bits per heavy atom. The van der Waals surface area contributed by atoms with Gasteiger partial charge < -0.3 is 14.2 Å². The van der Waals surface area contributed by atoms with E-state index in [-0.39, 0.29) is 5.82 Å². The summed E-state index contributed by atoms with van der Waals surface area (Å²) in [5, 5.41) is 4.69. The number of nitrogens with zero attached hydrogens (tertiary/aromatic N) is 5. The fourth-order valence-corrected chi connectivity index (χ4v) is 3.87.